The van der Waals surface area contributed by atoms with E-state index in [-0.39, 0.29) is 12.2 Å². The van der Waals surface area contributed by atoms with Crippen LogP contribution in [0, 0.1) is 52.3 Å². The number of fused-ring (bicyclic) bond motifs is 5. The number of hydrogen-bond donors (Lipinski definition) is 1. The number of carbonyl (C=O) groups excluding carboxylic acids is 1. The fourth-order valence-electron chi connectivity index (χ4n) is 10.6. The van der Waals surface area contributed by atoms with E-state index in [2.05, 4.69) is 52.0 Å². The maximum Gasteiger partial charge on any atom is 0.422 e. The summed E-state index contributed by atoms with van der Waals surface area (Å²) in [4.78, 5) is 15.0. The second-order valence-corrected chi connectivity index (χ2v) is 15.4. The largest absolute Gasteiger partial charge is 0.445 e. The van der Waals surface area contributed by atoms with Gasteiger partial charge in [0.15, 0.2) is 0 Å². The summed E-state index contributed by atoms with van der Waals surface area (Å²) in [5, 5.41) is 2.03. The molecule has 0 aromatic heterocycles. The maximum atomic E-state index is 12.7. The van der Waals surface area contributed by atoms with Gasteiger partial charge in [0, 0.05) is 26.2 Å². The van der Waals surface area contributed by atoms with E-state index in [4.69, 9.17) is 4.74 Å². The number of ether oxygens (including phenoxy) is 1. The van der Waals surface area contributed by atoms with Crippen LogP contribution < -0.4 is 5.43 Å². The molecule has 4 saturated carbocycles. The molecule has 0 spiro atoms. The van der Waals surface area contributed by atoms with Gasteiger partial charge in [-0.2, -0.15) is 0 Å². The number of likely N-dealkylation sites (N-methyl/N-ethyl adjacent to an activating group) is 1. The first kappa shape index (κ1) is 28.7. The third-order valence-electron chi connectivity index (χ3n) is 12.8. The van der Waals surface area contributed by atoms with Gasteiger partial charge in [0.2, 0.25) is 0 Å². The molecule has 1 N–H and O–H groups in total. The number of hydrazine groups is 1. The highest BCUT2D eigenvalue weighted by Gasteiger charge is 2.60. The second-order valence-electron chi connectivity index (χ2n) is 15.4. The lowest BCUT2D eigenvalue weighted by Crippen LogP contribution is -2.55. The molecule has 5 rings (SSSR count). The van der Waals surface area contributed by atoms with E-state index in [0.717, 1.165) is 80.4 Å². The molecular formula is C33H59N3O2. The maximum absolute atomic E-state index is 12.7. The number of nitrogens with one attached hydrogen (secondary N) is 1. The third kappa shape index (κ3) is 5.67. The van der Waals surface area contributed by atoms with Gasteiger partial charge in [-0.1, -0.05) is 53.9 Å². The molecule has 5 nitrogen and oxygen atoms in total. The Morgan fingerprint density at radius 1 is 0.895 bits per heavy atom. The second kappa shape index (κ2) is 11.6. The third-order valence-corrected chi connectivity index (χ3v) is 12.8. The SMILES string of the molecule is CC(C)CCC[C@@H](C)[C@H]1CC[C@H]2[C@@H]3CC[C@H]4C[C@@H](OC(=O)NN5CCN(C)CC5)CC[C@]4(C)[C@H]3CC[C@]12C. The fraction of sp³-hybridized carbons (Fsp3) is 0.970. The highest BCUT2D eigenvalue weighted by atomic mass is 16.6. The number of hydrogen-bond acceptors (Lipinski definition) is 4. The van der Waals surface area contributed by atoms with Gasteiger partial charge in [-0.3, -0.25) is 5.43 Å². The first-order chi connectivity index (χ1) is 18.1. The molecule has 1 saturated heterocycles. The Morgan fingerprint density at radius 3 is 2.34 bits per heavy atom. The fourth-order valence-corrected chi connectivity index (χ4v) is 10.6. The van der Waals surface area contributed by atoms with Gasteiger partial charge in [0.1, 0.15) is 6.10 Å². The molecule has 5 fully saturated rings. The summed E-state index contributed by atoms with van der Waals surface area (Å²) in [6.45, 7) is 16.4. The lowest BCUT2D eigenvalue weighted by Gasteiger charge is -2.61. The molecule has 5 heteroatoms. The van der Waals surface area contributed by atoms with E-state index >= 15 is 0 Å². The first-order valence-corrected chi connectivity index (χ1v) is 16.5. The van der Waals surface area contributed by atoms with Crippen LogP contribution in [0.2, 0.25) is 0 Å². The Balaban J connectivity index is 1.16. The van der Waals surface area contributed by atoms with Gasteiger partial charge >= 0.3 is 6.09 Å². The van der Waals surface area contributed by atoms with Crippen LogP contribution in [0.5, 0.6) is 0 Å². The minimum atomic E-state index is -0.232. The Kier molecular flexibility index (Phi) is 8.75. The summed E-state index contributed by atoms with van der Waals surface area (Å²) >= 11 is 0. The van der Waals surface area contributed by atoms with E-state index in [0.29, 0.717) is 10.8 Å². The summed E-state index contributed by atoms with van der Waals surface area (Å²) in [7, 11) is 2.14. The molecule has 38 heavy (non-hydrogen) atoms. The summed E-state index contributed by atoms with van der Waals surface area (Å²) < 4.78 is 6.02. The van der Waals surface area contributed by atoms with Crippen LogP contribution in [-0.2, 0) is 4.74 Å². The van der Waals surface area contributed by atoms with Gasteiger partial charge in [-0.25, -0.2) is 9.80 Å². The molecule has 1 amide bonds. The topological polar surface area (TPSA) is 44.8 Å². The van der Waals surface area contributed by atoms with Gasteiger partial charge in [-0.15, -0.1) is 0 Å². The highest BCUT2D eigenvalue weighted by Crippen LogP contribution is 2.68. The molecule has 5 aliphatic rings. The lowest BCUT2D eigenvalue weighted by molar-refractivity contribution is -0.130. The first-order valence-electron chi connectivity index (χ1n) is 16.5. The van der Waals surface area contributed by atoms with Crippen LogP contribution in [0.4, 0.5) is 4.79 Å². The smallest absolute Gasteiger partial charge is 0.422 e. The van der Waals surface area contributed by atoms with Crippen LogP contribution in [0.25, 0.3) is 0 Å². The predicted octanol–water partition coefficient (Wildman–Crippen LogP) is 7.36. The zero-order valence-electron chi connectivity index (χ0n) is 25.6. The van der Waals surface area contributed by atoms with E-state index in [1.165, 1.54) is 64.2 Å². The van der Waals surface area contributed by atoms with Crippen LogP contribution in [0.1, 0.15) is 112 Å². The van der Waals surface area contributed by atoms with Gasteiger partial charge in [-0.05, 0) is 117 Å². The van der Waals surface area contributed by atoms with Crippen molar-refractivity contribution >= 4 is 6.09 Å². The summed E-state index contributed by atoms with van der Waals surface area (Å²) in [6.07, 6.45) is 16.1. The predicted molar refractivity (Wildman–Crippen MR) is 156 cm³/mol. The Labute approximate surface area is 234 Å². The molecule has 4 aliphatic carbocycles. The van der Waals surface area contributed by atoms with Crippen molar-refractivity contribution in [3.63, 3.8) is 0 Å². The lowest BCUT2D eigenvalue weighted by atomic mass is 9.44. The van der Waals surface area contributed by atoms with E-state index < -0.39 is 0 Å². The molecule has 9 atom stereocenters. The monoisotopic (exact) mass is 529 g/mol. The van der Waals surface area contributed by atoms with Crippen LogP contribution in [0.3, 0.4) is 0 Å². The van der Waals surface area contributed by atoms with Crippen molar-refractivity contribution in [3.8, 4) is 0 Å². The molecule has 0 radical (unpaired) electrons. The van der Waals surface area contributed by atoms with Gasteiger partial charge in [0.25, 0.3) is 0 Å². The standard InChI is InChI=1S/C33H59N3O2/c1-23(2)8-7-9-24(3)28-12-13-29-27-11-10-25-22-26(38-31(37)34-36-20-18-35(6)19-21-36)14-16-32(25,4)30(27)15-17-33(28,29)5/h23-30H,7-22H2,1-6H3,(H,34,37)/t24-,25+,26+,27+,28-,29+,30+,32+,33-/m1/s1. The number of carbonyl (C=O) groups is 1. The summed E-state index contributed by atoms with van der Waals surface area (Å²) in [5.74, 6) is 6.14. The van der Waals surface area contributed by atoms with Crippen LogP contribution >= 0.6 is 0 Å². The normalized spacial score (nSPS) is 42.7. The van der Waals surface area contributed by atoms with Gasteiger partial charge < -0.3 is 9.64 Å². The van der Waals surface area contributed by atoms with E-state index in [1.54, 1.807) is 0 Å². The number of rotatable bonds is 7. The molecular weight excluding hydrogens is 470 g/mol. The summed E-state index contributed by atoms with van der Waals surface area (Å²) in [6, 6.07) is 0. The molecule has 0 aromatic carbocycles. The van der Waals surface area contributed by atoms with Crippen molar-refractivity contribution in [2.24, 2.45) is 52.3 Å². The van der Waals surface area contributed by atoms with Crippen molar-refractivity contribution in [1.82, 2.24) is 15.3 Å². The zero-order chi connectivity index (χ0) is 27.1. The molecule has 0 unspecified atom stereocenters. The average molecular weight is 530 g/mol. The van der Waals surface area contributed by atoms with Crippen molar-refractivity contribution in [1.29, 1.82) is 0 Å². The molecule has 1 heterocycles. The Morgan fingerprint density at radius 2 is 1.61 bits per heavy atom. The van der Waals surface area contributed by atoms with Crippen molar-refractivity contribution in [2.75, 3.05) is 33.2 Å². The highest BCUT2D eigenvalue weighted by molar-refractivity contribution is 5.66. The Hall–Kier alpha value is -0.810. The van der Waals surface area contributed by atoms with Crippen LogP contribution in [-0.4, -0.2) is 55.3 Å². The zero-order valence-corrected chi connectivity index (χ0v) is 25.6. The number of piperazine rings is 1. The van der Waals surface area contributed by atoms with Crippen molar-refractivity contribution in [3.05, 3.63) is 0 Å². The number of nitrogens with zero attached hydrogens (tertiary/aromatic N) is 2. The number of amides is 1. The Bertz CT molecular complexity index is 810. The van der Waals surface area contributed by atoms with Gasteiger partial charge in [0.05, 0.1) is 0 Å². The van der Waals surface area contributed by atoms with Crippen molar-refractivity contribution in [2.45, 2.75) is 118 Å². The minimum absolute atomic E-state index is 0.0912. The van der Waals surface area contributed by atoms with Crippen LogP contribution in [0.15, 0.2) is 0 Å². The molecule has 1 aliphatic heterocycles. The quantitative estimate of drug-likeness (QED) is 0.374. The van der Waals surface area contributed by atoms with E-state index in [1.807, 2.05) is 5.01 Å². The average Bonchev–Trinajstić information content (AvgIpc) is 3.23. The minimum Gasteiger partial charge on any atom is -0.445 e. The summed E-state index contributed by atoms with van der Waals surface area (Å²) in [5.41, 5.74) is 4.04. The molecule has 0 bridgehead atoms. The molecule has 218 valence electrons. The van der Waals surface area contributed by atoms with E-state index in [9.17, 15) is 4.79 Å². The molecule has 0 aromatic rings. The van der Waals surface area contributed by atoms with Crippen molar-refractivity contribution < 1.29 is 9.53 Å².